The topological polar surface area (TPSA) is 38.3 Å². The first-order valence-corrected chi connectivity index (χ1v) is 11.3. The van der Waals surface area contributed by atoms with Gasteiger partial charge in [0, 0.05) is 13.0 Å². The molecule has 0 heterocycles. The van der Waals surface area contributed by atoms with Crippen molar-refractivity contribution < 1.29 is 9.53 Å². The van der Waals surface area contributed by atoms with Crippen molar-refractivity contribution in [3.63, 3.8) is 0 Å². The van der Waals surface area contributed by atoms with Crippen LogP contribution in [0.3, 0.4) is 0 Å². The van der Waals surface area contributed by atoms with Gasteiger partial charge in [0.2, 0.25) is 5.91 Å². The zero-order valence-electron chi connectivity index (χ0n) is 17.7. The predicted octanol–water partition coefficient (Wildman–Crippen LogP) is 5.89. The Hall–Kier alpha value is -2.29. The standard InChI is InChI=1S/C26H35NO2/c1-2-11-26(28)27-20-23-19-25(23)22-15-10-16-24(18-22)29-17-9-4-3-6-12-21-13-7-5-8-14-21/h5,7-8,10,13-16,18,23,25H,2-4,6,9,11-12,17,19-20H2,1H3,(H,27,28)/t23-,25-/m0/s1. The molecule has 29 heavy (non-hydrogen) atoms. The summed E-state index contributed by atoms with van der Waals surface area (Å²) < 4.78 is 5.99. The fourth-order valence-electron chi connectivity index (χ4n) is 3.90. The van der Waals surface area contributed by atoms with E-state index in [4.69, 9.17) is 4.74 Å². The first kappa shape index (κ1) is 21.4. The summed E-state index contributed by atoms with van der Waals surface area (Å²) in [5, 5.41) is 3.06. The average molecular weight is 394 g/mol. The van der Waals surface area contributed by atoms with Crippen molar-refractivity contribution in [2.75, 3.05) is 13.2 Å². The van der Waals surface area contributed by atoms with Gasteiger partial charge in [-0.1, -0.05) is 62.2 Å². The summed E-state index contributed by atoms with van der Waals surface area (Å²) in [6, 6.07) is 19.2. The van der Waals surface area contributed by atoms with Crippen LogP contribution in [0.25, 0.3) is 0 Å². The Bertz CT molecular complexity index is 743. The first-order valence-electron chi connectivity index (χ1n) is 11.3. The van der Waals surface area contributed by atoms with Crippen LogP contribution >= 0.6 is 0 Å². The van der Waals surface area contributed by atoms with E-state index in [0.717, 1.165) is 38.2 Å². The number of nitrogens with one attached hydrogen (secondary N) is 1. The third-order valence-electron chi connectivity index (χ3n) is 5.72. The van der Waals surface area contributed by atoms with Crippen LogP contribution in [-0.4, -0.2) is 19.1 Å². The van der Waals surface area contributed by atoms with Gasteiger partial charge in [-0.25, -0.2) is 0 Å². The van der Waals surface area contributed by atoms with Gasteiger partial charge in [-0.2, -0.15) is 0 Å². The summed E-state index contributed by atoms with van der Waals surface area (Å²) in [5.74, 6) is 2.31. The van der Waals surface area contributed by atoms with Crippen molar-refractivity contribution in [3.8, 4) is 5.75 Å². The molecular formula is C26H35NO2. The third kappa shape index (κ3) is 7.56. The van der Waals surface area contributed by atoms with Gasteiger partial charge in [-0.15, -0.1) is 0 Å². The molecule has 1 saturated carbocycles. The highest BCUT2D eigenvalue weighted by atomic mass is 16.5. The van der Waals surface area contributed by atoms with E-state index in [2.05, 4.69) is 59.9 Å². The van der Waals surface area contributed by atoms with Crippen molar-refractivity contribution >= 4 is 5.91 Å². The SMILES string of the molecule is CCCC(=O)NC[C@@H]1C[C@H]1c1cccc(OCCCCCCc2ccccc2)c1. The lowest BCUT2D eigenvalue weighted by Gasteiger charge is -2.09. The van der Waals surface area contributed by atoms with Crippen LogP contribution in [-0.2, 0) is 11.2 Å². The van der Waals surface area contributed by atoms with Crippen molar-refractivity contribution in [3.05, 3.63) is 65.7 Å². The summed E-state index contributed by atoms with van der Waals surface area (Å²) in [4.78, 5) is 11.6. The van der Waals surface area contributed by atoms with Gasteiger partial charge in [-0.05, 0) is 67.2 Å². The number of hydrogen-bond donors (Lipinski definition) is 1. The van der Waals surface area contributed by atoms with E-state index in [1.807, 2.05) is 6.92 Å². The molecule has 0 bridgehead atoms. The van der Waals surface area contributed by atoms with Crippen LogP contribution in [0, 0.1) is 5.92 Å². The molecule has 3 rings (SSSR count). The number of carbonyl (C=O) groups is 1. The molecule has 1 N–H and O–H groups in total. The molecule has 1 aliphatic carbocycles. The molecule has 1 aliphatic rings. The number of amides is 1. The van der Waals surface area contributed by atoms with Crippen LogP contribution in [0.2, 0.25) is 0 Å². The molecule has 0 saturated heterocycles. The molecule has 0 radical (unpaired) electrons. The maximum absolute atomic E-state index is 11.6. The molecule has 0 aromatic heterocycles. The summed E-state index contributed by atoms with van der Waals surface area (Å²) in [7, 11) is 0. The summed E-state index contributed by atoms with van der Waals surface area (Å²) >= 11 is 0. The quantitative estimate of drug-likeness (QED) is 0.431. The molecule has 156 valence electrons. The Morgan fingerprint density at radius 1 is 1.03 bits per heavy atom. The molecule has 0 unspecified atom stereocenters. The lowest BCUT2D eigenvalue weighted by molar-refractivity contribution is -0.121. The highest BCUT2D eigenvalue weighted by Gasteiger charge is 2.38. The molecule has 3 nitrogen and oxygen atoms in total. The fraction of sp³-hybridized carbons (Fsp3) is 0.500. The molecule has 2 aromatic carbocycles. The second kappa shape index (κ2) is 11.6. The first-order chi connectivity index (χ1) is 14.3. The highest BCUT2D eigenvalue weighted by Crippen LogP contribution is 2.47. The normalized spacial score (nSPS) is 17.7. The van der Waals surface area contributed by atoms with Gasteiger partial charge < -0.3 is 10.1 Å². The van der Waals surface area contributed by atoms with Crippen LogP contribution in [0.1, 0.15) is 68.9 Å². The summed E-state index contributed by atoms with van der Waals surface area (Å²) in [6.45, 7) is 3.63. The molecule has 0 aliphatic heterocycles. The second-order valence-electron chi connectivity index (χ2n) is 8.23. The van der Waals surface area contributed by atoms with E-state index in [-0.39, 0.29) is 5.91 Å². The highest BCUT2D eigenvalue weighted by molar-refractivity contribution is 5.75. The summed E-state index contributed by atoms with van der Waals surface area (Å²) in [6.07, 6.45) is 8.70. The monoisotopic (exact) mass is 393 g/mol. The number of benzene rings is 2. The maximum atomic E-state index is 11.6. The van der Waals surface area contributed by atoms with E-state index in [1.165, 1.54) is 36.8 Å². The molecule has 0 spiro atoms. The molecule has 3 heteroatoms. The number of rotatable bonds is 13. The number of aryl methyl sites for hydroxylation is 1. The number of unbranched alkanes of at least 4 members (excludes halogenated alkanes) is 3. The van der Waals surface area contributed by atoms with Gasteiger partial charge in [0.25, 0.3) is 0 Å². The third-order valence-corrected chi connectivity index (χ3v) is 5.72. The minimum Gasteiger partial charge on any atom is -0.494 e. The molecule has 2 atom stereocenters. The Morgan fingerprint density at radius 3 is 2.69 bits per heavy atom. The van der Waals surface area contributed by atoms with Crippen LogP contribution in [0.15, 0.2) is 54.6 Å². The summed E-state index contributed by atoms with van der Waals surface area (Å²) in [5.41, 5.74) is 2.78. The number of hydrogen-bond acceptors (Lipinski definition) is 2. The lowest BCUT2D eigenvalue weighted by Crippen LogP contribution is -2.25. The molecular weight excluding hydrogens is 358 g/mol. The van der Waals surface area contributed by atoms with Gasteiger partial charge in [-0.3, -0.25) is 4.79 Å². The van der Waals surface area contributed by atoms with Gasteiger partial charge in [0.15, 0.2) is 0 Å². The minimum absolute atomic E-state index is 0.180. The smallest absolute Gasteiger partial charge is 0.219 e. The van der Waals surface area contributed by atoms with Gasteiger partial charge in [0.1, 0.15) is 5.75 Å². The Morgan fingerprint density at radius 2 is 1.86 bits per heavy atom. The zero-order chi connectivity index (χ0) is 20.3. The van der Waals surface area contributed by atoms with E-state index < -0.39 is 0 Å². The van der Waals surface area contributed by atoms with Crippen molar-refractivity contribution in [1.29, 1.82) is 0 Å². The fourth-order valence-corrected chi connectivity index (χ4v) is 3.90. The maximum Gasteiger partial charge on any atom is 0.219 e. The molecule has 1 fully saturated rings. The Kier molecular flexibility index (Phi) is 8.60. The van der Waals surface area contributed by atoms with E-state index >= 15 is 0 Å². The van der Waals surface area contributed by atoms with Crippen LogP contribution < -0.4 is 10.1 Å². The predicted molar refractivity (Wildman–Crippen MR) is 119 cm³/mol. The van der Waals surface area contributed by atoms with Crippen LogP contribution in [0.4, 0.5) is 0 Å². The van der Waals surface area contributed by atoms with Crippen LogP contribution in [0.5, 0.6) is 5.75 Å². The molecule has 1 amide bonds. The van der Waals surface area contributed by atoms with Crippen molar-refractivity contribution in [1.82, 2.24) is 5.32 Å². The second-order valence-corrected chi connectivity index (χ2v) is 8.23. The number of ether oxygens (including phenoxy) is 1. The zero-order valence-corrected chi connectivity index (χ0v) is 17.7. The van der Waals surface area contributed by atoms with E-state index in [0.29, 0.717) is 18.3 Å². The van der Waals surface area contributed by atoms with Gasteiger partial charge >= 0.3 is 0 Å². The van der Waals surface area contributed by atoms with Gasteiger partial charge in [0.05, 0.1) is 6.61 Å². The number of carbonyl (C=O) groups excluding carboxylic acids is 1. The van der Waals surface area contributed by atoms with Crippen molar-refractivity contribution in [2.45, 2.75) is 64.2 Å². The largest absolute Gasteiger partial charge is 0.494 e. The van der Waals surface area contributed by atoms with E-state index in [1.54, 1.807) is 0 Å². The Balaban J connectivity index is 1.29. The lowest BCUT2D eigenvalue weighted by atomic mass is 10.1. The Labute approximate surface area is 175 Å². The van der Waals surface area contributed by atoms with Crippen molar-refractivity contribution in [2.24, 2.45) is 5.92 Å². The molecule has 2 aromatic rings. The minimum atomic E-state index is 0.180. The van der Waals surface area contributed by atoms with E-state index in [9.17, 15) is 4.79 Å². The average Bonchev–Trinajstić information content (AvgIpc) is 3.53.